The van der Waals surface area contributed by atoms with Crippen molar-refractivity contribution in [2.24, 2.45) is 0 Å². The Hall–Kier alpha value is -3.32. The molecule has 1 atom stereocenters. The molecule has 0 aliphatic carbocycles. The van der Waals surface area contributed by atoms with Crippen LogP contribution in [0.2, 0.25) is 5.02 Å². The Balaban J connectivity index is 1.70. The number of hydrogen-bond donors (Lipinski definition) is 0. The molecule has 5 rings (SSSR count). The van der Waals surface area contributed by atoms with Gasteiger partial charge in [-0.1, -0.05) is 41.9 Å². The molecular weight excluding hydrogens is 550 g/mol. The number of benzene rings is 3. The van der Waals surface area contributed by atoms with Crippen molar-refractivity contribution >= 4 is 38.9 Å². The highest BCUT2D eigenvalue weighted by molar-refractivity contribution is 7.22. The summed E-state index contributed by atoms with van der Waals surface area (Å²) in [6.45, 7) is 16.0. The number of ether oxygens (including phenoxy) is 1. The van der Waals surface area contributed by atoms with Crippen LogP contribution < -0.4 is 0 Å². The van der Waals surface area contributed by atoms with Gasteiger partial charge in [-0.05, 0) is 96.3 Å². The fourth-order valence-electron chi connectivity index (χ4n) is 4.94. The first kappa shape index (κ1) is 29.2. The van der Waals surface area contributed by atoms with E-state index in [4.69, 9.17) is 21.3 Å². The normalized spacial score (nSPS) is 13.1. The number of aromatic nitrogens is 3. The summed E-state index contributed by atoms with van der Waals surface area (Å²) in [5.74, 6) is -0.0363. The van der Waals surface area contributed by atoms with Crippen LogP contribution in [-0.2, 0) is 15.1 Å². The highest BCUT2D eigenvalue weighted by Crippen LogP contribution is 2.44. The summed E-state index contributed by atoms with van der Waals surface area (Å²) in [6.07, 6.45) is 3.29. The topological polar surface area (TPSA) is 57.0 Å². The third-order valence-electron chi connectivity index (χ3n) is 6.88. The summed E-state index contributed by atoms with van der Waals surface area (Å²) in [5, 5.41) is 6.15. The third-order valence-corrected chi connectivity index (χ3v) is 8.27. The first-order valence-electron chi connectivity index (χ1n) is 13.8. The molecule has 5 aromatic rings. The summed E-state index contributed by atoms with van der Waals surface area (Å²) in [7, 11) is 0. The lowest BCUT2D eigenvalue weighted by Crippen LogP contribution is -2.27. The Bertz CT molecular complexity index is 1740. The van der Waals surface area contributed by atoms with Crippen molar-refractivity contribution in [2.45, 2.75) is 72.6 Å². The molecule has 0 radical (unpaired) electrons. The first-order valence-corrected chi connectivity index (χ1v) is 14.9. The highest BCUT2D eigenvalue weighted by Gasteiger charge is 2.30. The van der Waals surface area contributed by atoms with Gasteiger partial charge in [-0.2, -0.15) is 5.10 Å². The van der Waals surface area contributed by atoms with Crippen LogP contribution in [0.5, 0.6) is 0 Å². The molecule has 41 heavy (non-hydrogen) atoms. The maximum atomic E-state index is 13.0. The molecular formula is C34H36ClN3O2S. The number of carbonyl (C=O) groups excluding carboxylic acids is 1. The number of Topliss-reactive ketones (excluding diaryl/α,β-unsaturated/α-hetero) is 1. The maximum Gasteiger partial charge on any atom is 0.163 e. The van der Waals surface area contributed by atoms with E-state index in [0.717, 1.165) is 54.2 Å². The molecule has 0 aliphatic heterocycles. The molecule has 2 heterocycles. The van der Waals surface area contributed by atoms with Crippen molar-refractivity contribution < 1.29 is 9.53 Å². The van der Waals surface area contributed by atoms with Crippen molar-refractivity contribution in [3.63, 3.8) is 0 Å². The zero-order valence-corrected chi connectivity index (χ0v) is 26.4. The van der Waals surface area contributed by atoms with Crippen LogP contribution in [0.3, 0.4) is 0 Å². The van der Waals surface area contributed by atoms with Gasteiger partial charge >= 0.3 is 0 Å². The number of aryl methyl sites for hydroxylation is 1. The van der Waals surface area contributed by atoms with Crippen molar-refractivity contribution in [2.75, 3.05) is 0 Å². The van der Waals surface area contributed by atoms with Crippen molar-refractivity contribution in [1.29, 1.82) is 0 Å². The molecule has 7 heteroatoms. The molecule has 0 unspecified atom stereocenters. The predicted molar refractivity (Wildman–Crippen MR) is 171 cm³/mol. The molecule has 0 spiro atoms. The molecule has 0 N–H and O–H groups in total. The number of thiazole rings is 1. The van der Waals surface area contributed by atoms with E-state index in [2.05, 4.69) is 62.4 Å². The van der Waals surface area contributed by atoms with Gasteiger partial charge < -0.3 is 4.74 Å². The van der Waals surface area contributed by atoms with Gasteiger partial charge in [0.15, 0.2) is 5.78 Å². The van der Waals surface area contributed by atoms with Gasteiger partial charge in [-0.25, -0.2) is 4.98 Å². The van der Waals surface area contributed by atoms with Crippen molar-refractivity contribution in [1.82, 2.24) is 14.8 Å². The van der Waals surface area contributed by atoms with Crippen LogP contribution >= 0.6 is 22.9 Å². The molecule has 0 saturated carbocycles. The SMILES string of the molecule is CC(=O)[C@@H](OC(C)(C)C)c1c(C)cc2nc(-c3cccc(-c4cnn(C(C)(C)C)c4)c3)sc2c1-c1ccc(Cl)cc1. The van der Waals surface area contributed by atoms with E-state index in [-0.39, 0.29) is 11.3 Å². The third kappa shape index (κ3) is 6.15. The average Bonchev–Trinajstić information content (AvgIpc) is 3.55. The molecule has 0 saturated heterocycles. The number of nitrogens with zero attached hydrogens (tertiary/aromatic N) is 3. The molecule has 3 aromatic carbocycles. The molecule has 0 bridgehead atoms. The van der Waals surface area contributed by atoms with E-state index in [9.17, 15) is 4.79 Å². The standard InChI is InChI=1S/C34H36ClN3O2S/c1-20-16-27-31(29(22-12-14-26(35)15-13-22)28(20)30(21(2)39)40-34(6,7)8)41-32(37-27)24-11-9-10-23(17-24)25-18-36-38(19-25)33(3,4)5/h9-19,30H,1-8H3/t30-/m1/s1. The second-order valence-electron chi connectivity index (χ2n) is 12.5. The molecule has 0 fully saturated rings. The van der Waals surface area contributed by atoms with Gasteiger partial charge in [0.05, 0.1) is 27.6 Å². The zero-order valence-electron chi connectivity index (χ0n) is 24.9. The second-order valence-corrected chi connectivity index (χ2v) is 13.9. The van der Waals surface area contributed by atoms with Gasteiger partial charge in [-0.3, -0.25) is 9.48 Å². The Kier molecular flexibility index (Phi) is 7.70. The number of rotatable bonds is 6. The number of halogens is 1. The molecule has 0 aliphatic rings. The quantitative estimate of drug-likeness (QED) is 0.199. The van der Waals surface area contributed by atoms with Gasteiger partial charge in [0, 0.05) is 33.5 Å². The number of fused-ring (bicyclic) bond motifs is 1. The van der Waals surface area contributed by atoms with Crippen LogP contribution in [0.4, 0.5) is 0 Å². The monoisotopic (exact) mass is 585 g/mol. The van der Waals surface area contributed by atoms with E-state index < -0.39 is 11.7 Å². The minimum Gasteiger partial charge on any atom is -0.360 e. The summed E-state index contributed by atoms with van der Waals surface area (Å²) >= 11 is 7.90. The number of ketones is 1. The average molecular weight is 586 g/mol. The molecule has 5 nitrogen and oxygen atoms in total. The molecule has 2 aromatic heterocycles. The van der Waals surface area contributed by atoms with E-state index in [1.807, 2.05) is 62.8 Å². The van der Waals surface area contributed by atoms with Gasteiger partial charge in [-0.15, -0.1) is 11.3 Å². The Morgan fingerprint density at radius 2 is 1.63 bits per heavy atom. The maximum absolute atomic E-state index is 13.0. The summed E-state index contributed by atoms with van der Waals surface area (Å²) in [5.41, 5.74) is 7.25. The van der Waals surface area contributed by atoms with E-state index in [1.54, 1.807) is 18.3 Å². The fraction of sp³-hybridized carbons (Fsp3) is 0.324. The smallest absolute Gasteiger partial charge is 0.163 e. The minimum absolute atomic E-state index is 0.0363. The first-order chi connectivity index (χ1) is 19.2. The van der Waals surface area contributed by atoms with Crippen LogP contribution in [0.1, 0.15) is 65.7 Å². The molecule has 212 valence electrons. The number of carbonyl (C=O) groups is 1. The summed E-state index contributed by atoms with van der Waals surface area (Å²) in [6, 6.07) is 18.3. The van der Waals surface area contributed by atoms with Gasteiger partial charge in [0.1, 0.15) is 11.1 Å². The Morgan fingerprint density at radius 1 is 0.951 bits per heavy atom. The van der Waals surface area contributed by atoms with Gasteiger partial charge in [0.2, 0.25) is 0 Å². The van der Waals surface area contributed by atoms with Crippen molar-refractivity contribution in [3.05, 3.63) is 83.1 Å². The van der Waals surface area contributed by atoms with Crippen LogP contribution in [-0.4, -0.2) is 26.1 Å². The van der Waals surface area contributed by atoms with Gasteiger partial charge in [0.25, 0.3) is 0 Å². The lowest BCUT2D eigenvalue weighted by molar-refractivity contribution is -0.138. The zero-order chi connectivity index (χ0) is 29.7. The van der Waals surface area contributed by atoms with E-state index in [1.165, 1.54) is 0 Å². The molecule has 0 amide bonds. The lowest BCUT2D eigenvalue weighted by Gasteiger charge is -2.29. The Morgan fingerprint density at radius 3 is 2.24 bits per heavy atom. The second kappa shape index (κ2) is 10.8. The van der Waals surface area contributed by atoms with Crippen LogP contribution in [0.25, 0.3) is 43.0 Å². The van der Waals surface area contributed by atoms with E-state index in [0.29, 0.717) is 5.02 Å². The predicted octanol–water partition coefficient (Wildman–Crippen LogP) is 9.66. The Labute approximate surface area is 251 Å². The minimum atomic E-state index is -0.710. The van der Waals surface area contributed by atoms with Crippen LogP contribution in [0.15, 0.2) is 67.0 Å². The van der Waals surface area contributed by atoms with E-state index >= 15 is 0 Å². The van der Waals surface area contributed by atoms with Crippen LogP contribution in [0, 0.1) is 6.92 Å². The highest BCUT2D eigenvalue weighted by atomic mass is 35.5. The summed E-state index contributed by atoms with van der Waals surface area (Å²) in [4.78, 5) is 18.1. The number of hydrogen-bond acceptors (Lipinski definition) is 5. The largest absolute Gasteiger partial charge is 0.360 e. The summed E-state index contributed by atoms with van der Waals surface area (Å²) < 4.78 is 9.38. The lowest BCUT2D eigenvalue weighted by atomic mass is 9.90. The fourth-order valence-corrected chi connectivity index (χ4v) is 6.19. The van der Waals surface area contributed by atoms with Crippen molar-refractivity contribution in [3.8, 4) is 32.8 Å².